The number of carbonyl (C=O) groups is 1. The quantitative estimate of drug-likeness (QED) is 0.713. The number of piperazine rings is 1. The van der Waals surface area contributed by atoms with Gasteiger partial charge in [0.25, 0.3) is 0 Å². The van der Waals surface area contributed by atoms with Crippen molar-refractivity contribution in [3.8, 4) is 0 Å². The van der Waals surface area contributed by atoms with Crippen LogP contribution in [0, 0.1) is 11.8 Å². The third kappa shape index (κ3) is 3.82. The third-order valence-corrected chi connectivity index (χ3v) is 3.45. The zero-order valence-corrected chi connectivity index (χ0v) is 11.1. The molecule has 1 aliphatic heterocycles. The van der Waals surface area contributed by atoms with Gasteiger partial charge < -0.3 is 10.6 Å². The van der Waals surface area contributed by atoms with Crippen LogP contribution in [0.25, 0.3) is 0 Å². The van der Waals surface area contributed by atoms with Crippen LogP contribution in [0.15, 0.2) is 12.7 Å². The second kappa shape index (κ2) is 6.77. The lowest BCUT2D eigenvalue weighted by molar-refractivity contribution is -0.138. The van der Waals surface area contributed by atoms with Crippen molar-refractivity contribution in [2.24, 2.45) is 17.6 Å². The third-order valence-electron chi connectivity index (χ3n) is 3.45. The summed E-state index contributed by atoms with van der Waals surface area (Å²) >= 11 is 0. The van der Waals surface area contributed by atoms with Crippen molar-refractivity contribution in [3.05, 3.63) is 12.7 Å². The Labute approximate surface area is 104 Å². The van der Waals surface area contributed by atoms with Gasteiger partial charge in [0.2, 0.25) is 5.91 Å². The molecule has 0 bridgehead atoms. The zero-order valence-electron chi connectivity index (χ0n) is 11.1. The van der Waals surface area contributed by atoms with Crippen LogP contribution in [0.2, 0.25) is 0 Å². The van der Waals surface area contributed by atoms with Crippen LogP contribution in [0.3, 0.4) is 0 Å². The molecule has 98 valence electrons. The van der Waals surface area contributed by atoms with E-state index in [0.29, 0.717) is 12.5 Å². The highest BCUT2D eigenvalue weighted by Gasteiger charge is 2.28. The van der Waals surface area contributed by atoms with Gasteiger partial charge in [-0.2, -0.15) is 0 Å². The lowest BCUT2D eigenvalue weighted by Gasteiger charge is -2.36. The molecule has 1 heterocycles. The fraction of sp³-hybridized carbons (Fsp3) is 0.769. The average Bonchev–Trinajstić information content (AvgIpc) is 2.30. The normalized spacial score (nSPS) is 19.4. The molecule has 2 N–H and O–H groups in total. The van der Waals surface area contributed by atoms with E-state index in [0.717, 1.165) is 32.7 Å². The van der Waals surface area contributed by atoms with Crippen LogP contribution in [-0.2, 0) is 4.79 Å². The molecule has 0 saturated carbocycles. The van der Waals surface area contributed by atoms with Gasteiger partial charge in [-0.3, -0.25) is 9.69 Å². The van der Waals surface area contributed by atoms with E-state index in [1.54, 1.807) is 0 Å². The summed E-state index contributed by atoms with van der Waals surface area (Å²) in [6.45, 7) is 12.7. The van der Waals surface area contributed by atoms with E-state index in [2.05, 4.69) is 25.3 Å². The Bertz CT molecular complexity index is 257. The van der Waals surface area contributed by atoms with Crippen molar-refractivity contribution in [1.82, 2.24) is 9.80 Å². The first-order valence-corrected chi connectivity index (χ1v) is 6.42. The molecule has 1 atom stereocenters. The van der Waals surface area contributed by atoms with Crippen LogP contribution >= 0.6 is 0 Å². The largest absolute Gasteiger partial charge is 0.340 e. The number of nitrogens with zero attached hydrogens (tertiary/aromatic N) is 2. The molecule has 17 heavy (non-hydrogen) atoms. The summed E-state index contributed by atoms with van der Waals surface area (Å²) in [5, 5.41) is 0. The zero-order chi connectivity index (χ0) is 12.8. The minimum atomic E-state index is -0.0269. The maximum absolute atomic E-state index is 12.2. The van der Waals surface area contributed by atoms with E-state index in [1.165, 1.54) is 0 Å². The molecule has 0 aromatic carbocycles. The van der Waals surface area contributed by atoms with Gasteiger partial charge in [0.1, 0.15) is 0 Å². The molecular formula is C13H25N3O. The first-order chi connectivity index (χ1) is 8.10. The Morgan fingerprint density at radius 3 is 2.35 bits per heavy atom. The van der Waals surface area contributed by atoms with Gasteiger partial charge in [-0.15, -0.1) is 6.58 Å². The van der Waals surface area contributed by atoms with Crippen LogP contribution in [0.5, 0.6) is 0 Å². The molecule has 1 rings (SSSR count). The monoisotopic (exact) mass is 239 g/mol. The molecule has 1 aliphatic rings. The highest BCUT2D eigenvalue weighted by Crippen LogP contribution is 2.14. The standard InChI is InChI=1S/C13H25N3O/c1-4-5-15-6-8-16(9-7-15)13(17)12(10-14)11(2)3/h4,11-12H,1,5-10,14H2,2-3H3. The Morgan fingerprint density at radius 2 is 1.94 bits per heavy atom. The molecule has 1 unspecified atom stereocenters. The number of rotatable bonds is 5. The Balaban J connectivity index is 2.47. The fourth-order valence-electron chi connectivity index (χ4n) is 2.23. The summed E-state index contributed by atoms with van der Waals surface area (Å²) in [6, 6.07) is 0. The van der Waals surface area contributed by atoms with Gasteiger partial charge >= 0.3 is 0 Å². The van der Waals surface area contributed by atoms with Crippen molar-refractivity contribution in [1.29, 1.82) is 0 Å². The number of hydrogen-bond acceptors (Lipinski definition) is 3. The fourth-order valence-corrected chi connectivity index (χ4v) is 2.23. The van der Waals surface area contributed by atoms with Gasteiger partial charge in [-0.1, -0.05) is 19.9 Å². The molecule has 0 spiro atoms. The second-order valence-electron chi connectivity index (χ2n) is 5.00. The van der Waals surface area contributed by atoms with E-state index < -0.39 is 0 Å². The summed E-state index contributed by atoms with van der Waals surface area (Å²) < 4.78 is 0. The number of carbonyl (C=O) groups excluding carboxylic acids is 1. The molecule has 1 amide bonds. The highest BCUT2D eigenvalue weighted by molar-refractivity contribution is 5.79. The van der Waals surface area contributed by atoms with Gasteiger partial charge in [0, 0.05) is 39.3 Å². The molecule has 1 saturated heterocycles. The minimum Gasteiger partial charge on any atom is -0.340 e. The van der Waals surface area contributed by atoms with E-state index >= 15 is 0 Å². The predicted molar refractivity (Wildman–Crippen MR) is 70.6 cm³/mol. The van der Waals surface area contributed by atoms with Crippen molar-refractivity contribution >= 4 is 5.91 Å². The minimum absolute atomic E-state index is 0.0269. The smallest absolute Gasteiger partial charge is 0.227 e. The summed E-state index contributed by atoms with van der Waals surface area (Å²) in [7, 11) is 0. The van der Waals surface area contributed by atoms with Gasteiger partial charge in [0.15, 0.2) is 0 Å². The maximum Gasteiger partial charge on any atom is 0.227 e. The number of amides is 1. The molecule has 0 radical (unpaired) electrons. The summed E-state index contributed by atoms with van der Waals surface area (Å²) in [4.78, 5) is 16.5. The van der Waals surface area contributed by atoms with Crippen molar-refractivity contribution in [2.45, 2.75) is 13.8 Å². The number of hydrogen-bond donors (Lipinski definition) is 1. The lowest BCUT2D eigenvalue weighted by atomic mass is 9.94. The second-order valence-corrected chi connectivity index (χ2v) is 5.00. The van der Waals surface area contributed by atoms with E-state index in [4.69, 9.17) is 5.73 Å². The van der Waals surface area contributed by atoms with Crippen molar-refractivity contribution < 1.29 is 4.79 Å². The van der Waals surface area contributed by atoms with Gasteiger partial charge in [-0.05, 0) is 5.92 Å². The molecular weight excluding hydrogens is 214 g/mol. The van der Waals surface area contributed by atoms with Crippen LogP contribution in [-0.4, -0.2) is 55.0 Å². The Kier molecular flexibility index (Phi) is 5.65. The van der Waals surface area contributed by atoms with Crippen LogP contribution < -0.4 is 5.73 Å². The average molecular weight is 239 g/mol. The summed E-state index contributed by atoms with van der Waals surface area (Å²) in [5.74, 6) is 0.514. The number of nitrogens with two attached hydrogens (primary N) is 1. The topological polar surface area (TPSA) is 49.6 Å². The highest BCUT2D eigenvalue weighted by atomic mass is 16.2. The van der Waals surface area contributed by atoms with Crippen molar-refractivity contribution in [2.75, 3.05) is 39.3 Å². The molecule has 0 aromatic rings. The molecule has 0 aliphatic carbocycles. The first-order valence-electron chi connectivity index (χ1n) is 6.42. The molecule has 4 nitrogen and oxygen atoms in total. The SMILES string of the molecule is C=CCN1CCN(C(=O)C(CN)C(C)C)CC1. The van der Waals surface area contributed by atoms with E-state index in [9.17, 15) is 4.79 Å². The van der Waals surface area contributed by atoms with E-state index in [1.807, 2.05) is 11.0 Å². The molecule has 1 fully saturated rings. The van der Waals surface area contributed by atoms with Crippen LogP contribution in [0.1, 0.15) is 13.8 Å². The van der Waals surface area contributed by atoms with Gasteiger partial charge in [0.05, 0.1) is 5.92 Å². The van der Waals surface area contributed by atoms with Crippen LogP contribution in [0.4, 0.5) is 0 Å². The molecule has 0 aromatic heterocycles. The summed E-state index contributed by atoms with van der Waals surface area (Å²) in [6.07, 6.45) is 1.91. The predicted octanol–water partition coefficient (Wildman–Crippen LogP) is 0.548. The summed E-state index contributed by atoms with van der Waals surface area (Å²) in [5.41, 5.74) is 5.69. The first kappa shape index (κ1) is 14.2. The van der Waals surface area contributed by atoms with Crippen molar-refractivity contribution in [3.63, 3.8) is 0 Å². The van der Waals surface area contributed by atoms with E-state index in [-0.39, 0.29) is 11.8 Å². The maximum atomic E-state index is 12.2. The Morgan fingerprint density at radius 1 is 1.35 bits per heavy atom. The lowest BCUT2D eigenvalue weighted by Crippen LogP contribution is -2.51. The van der Waals surface area contributed by atoms with Gasteiger partial charge in [-0.25, -0.2) is 0 Å². The molecule has 4 heteroatoms. The Hall–Kier alpha value is -0.870.